The first-order valence-electron chi connectivity index (χ1n) is 4.20. The van der Waals surface area contributed by atoms with Crippen molar-refractivity contribution in [2.75, 3.05) is 0 Å². The van der Waals surface area contributed by atoms with Gasteiger partial charge in [-0.1, -0.05) is 11.6 Å². The van der Waals surface area contributed by atoms with Crippen LogP contribution in [0.5, 0.6) is 0 Å². The van der Waals surface area contributed by atoms with Crippen LogP contribution in [0.4, 0.5) is 0 Å². The molecule has 5 heteroatoms. The maximum absolute atomic E-state index is 9.81. The van der Waals surface area contributed by atoms with Crippen LogP contribution in [-0.4, -0.2) is 19.7 Å². The minimum absolute atomic E-state index is 0.533. The topological polar surface area (TPSA) is 50.4 Å². The third-order valence-electron chi connectivity index (χ3n) is 1.95. The Morgan fingerprint density at radius 2 is 2.14 bits per heavy atom. The Kier molecular flexibility index (Phi) is 1.97. The average Bonchev–Trinajstić information content (AvgIpc) is 2.45. The van der Waals surface area contributed by atoms with E-state index in [-0.39, 0.29) is 0 Å². The zero-order valence-electron chi connectivity index (χ0n) is 7.90. The first-order valence-corrected chi connectivity index (χ1v) is 4.58. The molecule has 2 rings (SSSR count). The van der Waals surface area contributed by atoms with Crippen LogP contribution in [-0.2, 0) is 5.60 Å². The molecule has 2 aromatic heterocycles. The quantitative estimate of drug-likeness (QED) is 0.780. The van der Waals surface area contributed by atoms with E-state index in [2.05, 4.69) is 10.1 Å². The van der Waals surface area contributed by atoms with Crippen molar-refractivity contribution in [2.45, 2.75) is 19.4 Å². The van der Waals surface area contributed by atoms with Gasteiger partial charge in [0, 0.05) is 6.07 Å². The van der Waals surface area contributed by atoms with Crippen molar-refractivity contribution in [1.82, 2.24) is 14.6 Å². The summed E-state index contributed by atoms with van der Waals surface area (Å²) in [6.07, 6.45) is 3.12. The second-order valence-electron chi connectivity index (χ2n) is 3.65. The summed E-state index contributed by atoms with van der Waals surface area (Å²) in [5.41, 5.74) is 0.319. The van der Waals surface area contributed by atoms with Gasteiger partial charge in [0.25, 0.3) is 0 Å². The van der Waals surface area contributed by atoms with Gasteiger partial charge in [0.05, 0.1) is 23.1 Å². The number of nitrogens with zero attached hydrogens (tertiary/aromatic N) is 3. The molecule has 2 heterocycles. The highest BCUT2D eigenvalue weighted by Crippen LogP contribution is 2.20. The SMILES string of the molecule is CC(C)(O)c1cnc2cc(Cl)cnn12. The standard InChI is InChI=1S/C9H10ClN3O/c1-9(2,14)7-5-11-8-3-6(10)4-12-13(7)8/h3-5,14H,1-2H3. The van der Waals surface area contributed by atoms with Gasteiger partial charge in [0.15, 0.2) is 5.65 Å². The van der Waals surface area contributed by atoms with Crippen LogP contribution in [0.1, 0.15) is 19.5 Å². The van der Waals surface area contributed by atoms with Crippen LogP contribution in [0.2, 0.25) is 5.02 Å². The minimum atomic E-state index is -0.958. The number of imidazole rings is 1. The molecule has 0 aliphatic rings. The number of halogens is 1. The fraction of sp³-hybridized carbons (Fsp3) is 0.333. The molecule has 0 aliphatic carbocycles. The monoisotopic (exact) mass is 211 g/mol. The number of fused-ring (bicyclic) bond motifs is 1. The second-order valence-corrected chi connectivity index (χ2v) is 4.08. The molecule has 0 amide bonds. The fourth-order valence-electron chi connectivity index (χ4n) is 1.27. The molecular formula is C9H10ClN3O. The summed E-state index contributed by atoms with van der Waals surface area (Å²) in [6.45, 7) is 3.37. The molecule has 14 heavy (non-hydrogen) atoms. The van der Waals surface area contributed by atoms with Gasteiger partial charge >= 0.3 is 0 Å². The van der Waals surface area contributed by atoms with E-state index in [1.54, 1.807) is 30.6 Å². The Bertz CT molecular complexity index is 472. The molecule has 74 valence electrons. The van der Waals surface area contributed by atoms with Gasteiger partial charge < -0.3 is 5.11 Å². The van der Waals surface area contributed by atoms with Crippen LogP contribution in [0.3, 0.4) is 0 Å². The number of hydrogen-bond acceptors (Lipinski definition) is 3. The van der Waals surface area contributed by atoms with E-state index < -0.39 is 5.60 Å². The fourth-order valence-corrected chi connectivity index (χ4v) is 1.41. The minimum Gasteiger partial charge on any atom is -0.384 e. The van der Waals surface area contributed by atoms with Crippen molar-refractivity contribution in [3.05, 3.63) is 29.2 Å². The molecule has 0 radical (unpaired) electrons. The van der Waals surface area contributed by atoms with Gasteiger partial charge in [0.1, 0.15) is 5.60 Å². The Labute approximate surface area is 86.1 Å². The first kappa shape index (κ1) is 9.43. The van der Waals surface area contributed by atoms with Crippen molar-refractivity contribution in [3.8, 4) is 0 Å². The summed E-state index contributed by atoms with van der Waals surface area (Å²) in [5, 5.41) is 14.4. The predicted molar refractivity (Wildman–Crippen MR) is 53.2 cm³/mol. The molecule has 0 fully saturated rings. The number of aromatic nitrogens is 3. The van der Waals surface area contributed by atoms with E-state index in [0.29, 0.717) is 16.4 Å². The summed E-state index contributed by atoms with van der Waals surface area (Å²) in [5.74, 6) is 0. The highest BCUT2D eigenvalue weighted by atomic mass is 35.5. The molecule has 0 bridgehead atoms. The molecule has 0 spiro atoms. The van der Waals surface area contributed by atoms with Gasteiger partial charge in [-0.25, -0.2) is 9.50 Å². The maximum Gasteiger partial charge on any atom is 0.155 e. The van der Waals surface area contributed by atoms with Crippen molar-refractivity contribution >= 4 is 17.2 Å². The lowest BCUT2D eigenvalue weighted by Gasteiger charge is -2.15. The molecule has 0 unspecified atom stereocenters. The molecule has 4 nitrogen and oxygen atoms in total. The average molecular weight is 212 g/mol. The number of aliphatic hydroxyl groups is 1. The van der Waals surface area contributed by atoms with Crippen LogP contribution in [0, 0.1) is 0 Å². The van der Waals surface area contributed by atoms with Crippen molar-refractivity contribution in [1.29, 1.82) is 0 Å². The van der Waals surface area contributed by atoms with Crippen molar-refractivity contribution in [3.63, 3.8) is 0 Å². The van der Waals surface area contributed by atoms with E-state index in [1.165, 1.54) is 6.20 Å². The molecule has 0 atom stereocenters. The highest BCUT2D eigenvalue weighted by molar-refractivity contribution is 6.30. The Hall–Kier alpha value is -1.13. The normalized spacial score (nSPS) is 12.3. The molecular weight excluding hydrogens is 202 g/mol. The summed E-state index contributed by atoms with van der Waals surface area (Å²) >= 11 is 5.76. The third kappa shape index (κ3) is 1.47. The molecule has 0 saturated heterocycles. The lowest BCUT2D eigenvalue weighted by Crippen LogP contribution is -2.18. The number of rotatable bonds is 1. The highest BCUT2D eigenvalue weighted by Gasteiger charge is 2.21. The Morgan fingerprint density at radius 3 is 2.79 bits per heavy atom. The maximum atomic E-state index is 9.81. The summed E-state index contributed by atoms with van der Waals surface area (Å²) in [4.78, 5) is 4.10. The van der Waals surface area contributed by atoms with E-state index in [1.807, 2.05) is 0 Å². The molecule has 2 aromatic rings. The Balaban J connectivity index is 2.70. The largest absolute Gasteiger partial charge is 0.384 e. The molecule has 0 saturated carbocycles. The van der Waals surface area contributed by atoms with Crippen LogP contribution in [0.15, 0.2) is 18.5 Å². The molecule has 0 aliphatic heterocycles. The lowest BCUT2D eigenvalue weighted by molar-refractivity contribution is 0.0718. The number of hydrogen-bond donors (Lipinski definition) is 1. The van der Waals surface area contributed by atoms with Crippen LogP contribution in [0.25, 0.3) is 5.65 Å². The van der Waals surface area contributed by atoms with Gasteiger partial charge in [-0.3, -0.25) is 0 Å². The van der Waals surface area contributed by atoms with Gasteiger partial charge in [-0.05, 0) is 13.8 Å². The van der Waals surface area contributed by atoms with E-state index in [4.69, 9.17) is 11.6 Å². The van der Waals surface area contributed by atoms with Gasteiger partial charge in [-0.15, -0.1) is 0 Å². The smallest absolute Gasteiger partial charge is 0.155 e. The van der Waals surface area contributed by atoms with Gasteiger partial charge in [0.2, 0.25) is 0 Å². The zero-order valence-corrected chi connectivity index (χ0v) is 8.65. The predicted octanol–water partition coefficient (Wildman–Crippen LogP) is 1.61. The zero-order chi connectivity index (χ0) is 10.3. The van der Waals surface area contributed by atoms with E-state index in [0.717, 1.165) is 0 Å². The third-order valence-corrected chi connectivity index (χ3v) is 2.16. The lowest BCUT2D eigenvalue weighted by atomic mass is 10.1. The van der Waals surface area contributed by atoms with Crippen LogP contribution >= 0.6 is 11.6 Å². The Morgan fingerprint density at radius 1 is 1.43 bits per heavy atom. The first-order chi connectivity index (χ1) is 6.48. The molecule has 1 N–H and O–H groups in total. The van der Waals surface area contributed by atoms with Gasteiger partial charge in [-0.2, -0.15) is 5.10 Å². The summed E-state index contributed by atoms with van der Waals surface area (Å²) in [7, 11) is 0. The van der Waals surface area contributed by atoms with Crippen molar-refractivity contribution < 1.29 is 5.11 Å². The second kappa shape index (κ2) is 2.93. The van der Waals surface area contributed by atoms with E-state index in [9.17, 15) is 5.11 Å². The summed E-state index contributed by atoms with van der Waals surface area (Å²) in [6, 6.07) is 1.70. The van der Waals surface area contributed by atoms with E-state index >= 15 is 0 Å². The van der Waals surface area contributed by atoms with Crippen molar-refractivity contribution in [2.24, 2.45) is 0 Å². The summed E-state index contributed by atoms with van der Waals surface area (Å²) < 4.78 is 1.58. The molecule has 0 aromatic carbocycles. The van der Waals surface area contributed by atoms with Crippen LogP contribution < -0.4 is 0 Å².